The number of anilines is 2. The summed E-state index contributed by atoms with van der Waals surface area (Å²) in [5, 5.41) is 2.95. The number of aromatic nitrogens is 3. The summed E-state index contributed by atoms with van der Waals surface area (Å²) < 4.78 is 14.4. The lowest BCUT2D eigenvalue weighted by Gasteiger charge is -2.33. The molecule has 3 heterocycles. The molecule has 1 amide bonds. The second-order valence-electron chi connectivity index (χ2n) is 8.55. The predicted molar refractivity (Wildman–Crippen MR) is 130 cm³/mol. The molecule has 0 unspecified atom stereocenters. The van der Waals surface area contributed by atoms with Crippen LogP contribution in [0.3, 0.4) is 0 Å². The minimum Gasteiger partial charge on any atom is -0.345 e. The highest BCUT2D eigenvalue weighted by Gasteiger charge is 2.16. The van der Waals surface area contributed by atoms with E-state index in [-0.39, 0.29) is 11.7 Å². The number of nitrogens with one attached hydrogen (secondary N) is 1. The molecular weight excluding hydrogens is 433 g/mol. The minimum atomic E-state index is -0.567. The average molecular weight is 464 g/mol. The zero-order valence-electron chi connectivity index (χ0n) is 19.8. The first-order valence-electron chi connectivity index (χ1n) is 11.4. The van der Waals surface area contributed by atoms with Crippen LogP contribution >= 0.6 is 0 Å². The van der Waals surface area contributed by atoms with E-state index in [1.807, 2.05) is 18.3 Å². The second kappa shape index (κ2) is 10.7. The fraction of sp³-hybridized carbons (Fsp3) is 0.360. The maximum Gasteiger partial charge on any atom is 0.253 e. The lowest BCUT2D eigenvalue weighted by molar-refractivity contribution is 0.0827. The van der Waals surface area contributed by atoms with E-state index in [1.165, 1.54) is 4.90 Å². The number of likely N-dealkylation sites (N-methyl/N-ethyl adjacent to an activating group) is 1. The van der Waals surface area contributed by atoms with Crippen LogP contribution < -0.4 is 5.32 Å². The summed E-state index contributed by atoms with van der Waals surface area (Å²) in [6.45, 7) is 8.42. The van der Waals surface area contributed by atoms with Crippen LogP contribution in [0.1, 0.15) is 22.8 Å². The van der Waals surface area contributed by atoms with Crippen molar-refractivity contribution in [2.45, 2.75) is 13.5 Å². The summed E-state index contributed by atoms with van der Waals surface area (Å²) in [4.78, 5) is 31.3. The quantitative estimate of drug-likeness (QED) is 0.576. The summed E-state index contributed by atoms with van der Waals surface area (Å²) >= 11 is 0. The number of nitrogens with zero attached hydrogens (tertiary/aromatic N) is 6. The molecular formula is C25H30FN7O. The number of rotatable bonds is 7. The molecule has 0 spiro atoms. The Morgan fingerprint density at radius 2 is 1.71 bits per heavy atom. The minimum absolute atomic E-state index is 0.0504. The summed E-state index contributed by atoms with van der Waals surface area (Å²) in [5.74, 6) is 0.259. The smallest absolute Gasteiger partial charge is 0.253 e. The van der Waals surface area contributed by atoms with E-state index >= 15 is 0 Å². The van der Waals surface area contributed by atoms with E-state index in [0.29, 0.717) is 22.8 Å². The van der Waals surface area contributed by atoms with Crippen LogP contribution in [0.25, 0.3) is 11.4 Å². The van der Waals surface area contributed by atoms with Gasteiger partial charge in [-0.1, -0.05) is 25.1 Å². The molecule has 1 fully saturated rings. The third-order valence-electron chi connectivity index (χ3n) is 5.93. The van der Waals surface area contributed by atoms with Crippen molar-refractivity contribution in [1.29, 1.82) is 0 Å². The number of hydrogen-bond acceptors (Lipinski definition) is 7. The summed E-state index contributed by atoms with van der Waals surface area (Å²) in [6, 6.07) is 10.8. The van der Waals surface area contributed by atoms with Gasteiger partial charge in [-0.3, -0.25) is 9.69 Å². The Hall–Kier alpha value is -3.43. The van der Waals surface area contributed by atoms with E-state index in [0.717, 1.165) is 51.0 Å². The number of pyridine rings is 1. The topological polar surface area (TPSA) is 77.5 Å². The number of amides is 1. The van der Waals surface area contributed by atoms with Gasteiger partial charge in [-0.15, -0.1) is 0 Å². The molecule has 1 N–H and O–H groups in total. The SMILES string of the molecule is CCN1CCN(Cc2ccc(Nc3nc(-c4ccc(C(=O)N(C)C)cc4)ncc3F)nc2)CC1. The highest BCUT2D eigenvalue weighted by molar-refractivity contribution is 5.94. The molecule has 3 aromatic rings. The van der Waals surface area contributed by atoms with Gasteiger partial charge in [-0.2, -0.15) is 0 Å². The standard InChI is InChI=1S/C25H30FN7O/c1-4-32-11-13-33(14-12-32)17-18-5-10-22(27-15-18)29-24-21(26)16-28-23(30-24)19-6-8-20(9-7-19)25(34)31(2)3/h5-10,15-16H,4,11-14,17H2,1-3H3,(H,27,28,29,30). The third kappa shape index (κ3) is 5.73. The molecule has 9 heteroatoms. The second-order valence-corrected chi connectivity index (χ2v) is 8.55. The largest absolute Gasteiger partial charge is 0.345 e. The van der Waals surface area contributed by atoms with E-state index in [2.05, 4.69) is 37.0 Å². The van der Waals surface area contributed by atoms with Gasteiger partial charge in [0.15, 0.2) is 17.5 Å². The molecule has 8 nitrogen and oxygen atoms in total. The van der Waals surface area contributed by atoms with Crippen LogP contribution in [-0.4, -0.2) is 82.4 Å². The maximum atomic E-state index is 14.4. The zero-order valence-corrected chi connectivity index (χ0v) is 19.8. The van der Waals surface area contributed by atoms with Crippen LogP contribution in [0, 0.1) is 5.82 Å². The average Bonchev–Trinajstić information content (AvgIpc) is 2.86. The van der Waals surface area contributed by atoms with Crippen LogP contribution in [0.4, 0.5) is 16.0 Å². The number of halogens is 1. The monoisotopic (exact) mass is 463 g/mol. The first kappa shape index (κ1) is 23.7. The van der Waals surface area contributed by atoms with E-state index in [1.54, 1.807) is 38.4 Å². The van der Waals surface area contributed by atoms with Gasteiger partial charge in [-0.25, -0.2) is 19.3 Å². The van der Waals surface area contributed by atoms with Gasteiger partial charge in [0.2, 0.25) is 0 Å². The Labute approximate surface area is 199 Å². The van der Waals surface area contributed by atoms with Crippen LogP contribution in [0.5, 0.6) is 0 Å². The predicted octanol–water partition coefficient (Wildman–Crippen LogP) is 3.26. The van der Waals surface area contributed by atoms with Gasteiger partial charge in [0.05, 0.1) is 6.20 Å². The molecule has 0 atom stereocenters. The number of piperazine rings is 1. The fourth-order valence-electron chi connectivity index (χ4n) is 3.85. The molecule has 0 radical (unpaired) electrons. The van der Waals surface area contributed by atoms with Crippen molar-refractivity contribution >= 4 is 17.5 Å². The van der Waals surface area contributed by atoms with Gasteiger partial charge in [-0.05, 0) is 30.3 Å². The molecule has 0 aliphatic carbocycles. The molecule has 1 aromatic carbocycles. The third-order valence-corrected chi connectivity index (χ3v) is 5.93. The Morgan fingerprint density at radius 3 is 2.32 bits per heavy atom. The highest BCUT2D eigenvalue weighted by atomic mass is 19.1. The van der Waals surface area contributed by atoms with Gasteiger partial charge in [0.1, 0.15) is 5.82 Å². The van der Waals surface area contributed by atoms with Crippen molar-refractivity contribution in [3.05, 3.63) is 65.7 Å². The molecule has 178 valence electrons. The molecule has 1 aliphatic rings. The molecule has 2 aromatic heterocycles. The summed E-state index contributed by atoms with van der Waals surface area (Å²) in [7, 11) is 3.40. The lowest BCUT2D eigenvalue weighted by Crippen LogP contribution is -2.45. The molecule has 4 rings (SSSR count). The van der Waals surface area contributed by atoms with Crippen molar-refractivity contribution in [2.75, 3.05) is 52.1 Å². The first-order valence-corrected chi connectivity index (χ1v) is 11.4. The zero-order chi connectivity index (χ0) is 24.1. The van der Waals surface area contributed by atoms with Gasteiger partial charge in [0.25, 0.3) is 5.91 Å². The Kier molecular flexibility index (Phi) is 7.44. The number of benzene rings is 1. The van der Waals surface area contributed by atoms with Gasteiger partial charge in [0, 0.05) is 64.1 Å². The van der Waals surface area contributed by atoms with Gasteiger partial charge >= 0.3 is 0 Å². The van der Waals surface area contributed by atoms with Crippen molar-refractivity contribution in [1.82, 2.24) is 29.7 Å². The van der Waals surface area contributed by atoms with Gasteiger partial charge < -0.3 is 15.1 Å². The van der Waals surface area contributed by atoms with E-state index in [9.17, 15) is 9.18 Å². The molecule has 1 aliphatic heterocycles. The lowest BCUT2D eigenvalue weighted by atomic mass is 10.1. The fourth-order valence-corrected chi connectivity index (χ4v) is 3.85. The van der Waals surface area contributed by atoms with Crippen molar-refractivity contribution in [3.63, 3.8) is 0 Å². The molecule has 34 heavy (non-hydrogen) atoms. The maximum absolute atomic E-state index is 14.4. The van der Waals surface area contributed by atoms with Crippen LogP contribution in [0.2, 0.25) is 0 Å². The normalized spacial score (nSPS) is 14.7. The molecule has 1 saturated heterocycles. The van der Waals surface area contributed by atoms with Crippen molar-refractivity contribution in [2.24, 2.45) is 0 Å². The number of carbonyl (C=O) groups excluding carboxylic acids is 1. The van der Waals surface area contributed by atoms with E-state index < -0.39 is 5.82 Å². The van der Waals surface area contributed by atoms with Crippen molar-refractivity contribution in [3.8, 4) is 11.4 Å². The van der Waals surface area contributed by atoms with E-state index in [4.69, 9.17) is 0 Å². The molecule has 0 saturated carbocycles. The van der Waals surface area contributed by atoms with Crippen LogP contribution in [0.15, 0.2) is 48.8 Å². The Bertz CT molecular complexity index is 1110. The summed E-state index contributed by atoms with van der Waals surface area (Å²) in [5.41, 5.74) is 2.36. The van der Waals surface area contributed by atoms with Crippen LogP contribution in [-0.2, 0) is 6.54 Å². The Morgan fingerprint density at radius 1 is 1.00 bits per heavy atom. The Balaban J connectivity index is 1.42. The summed E-state index contributed by atoms with van der Waals surface area (Å²) in [6.07, 6.45) is 2.95. The molecule has 0 bridgehead atoms. The number of hydrogen-bond donors (Lipinski definition) is 1. The van der Waals surface area contributed by atoms with Crippen molar-refractivity contribution < 1.29 is 9.18 Å². The number of carbonyl (C=O) groups is 1. The highest BCUT2D eigenvalue weighted by Crippen LogP contribution is 2.22. The first-order chi connectivity index (χ1) is 16.4.